The van der Waals surface area contributed by atoms with Gasteiger partial charge in [-0.1, -0.05) is 35.9 Å². The monoisotopic (exact) mass is 569 g/mol. The fourth-order valence-corrected chi connectivity index (χ4v) is 5.32. The number of nitriles is 1. The number of hydrogen-bond acceptors (Lipinski definition) is 8. The van der Waals surface area contributed by atoms with E-state index in [2.05, 4.69) is 19.9 Å². The molecule has 41 heavy (non-hydrogen) atoms. The number of carbonyl (C=O) groups is 2. The van der Waals surface area contributed by atoms with Crippen molar-refractivity contribution in [3.63, 3.8) is 0 Å². The average molecular weight is 570 g/mol. The maximum Gasteiger partial charge on any atom is 0.261 e. The molecular weight excluding hydrogens is 542 g/mol. The molecule has 0 saturated heterocycles. The van der Waals surface area contributed by atoms with Crippen molar-refractivity contribution in [2.24, 2.45) is 4.36 Å². The minimum atomic E-state index is -3.01. The van der Waals surface area contributed by atoms with E-state index in [1.165, 1.54) is 32.4 Å². The van der Waals surface area contributed by atoms with Crippen molar-refractivity contribution >= 4 is 27.2 Å². The Hall–Kier alpha value is -5.08. The molecule has 0 saturated carbocycles. The van der Waals surface area contributed by atoms with Crippen molar-refractivity contribution in [1.29, 1.82) is 5.26 Å². The predicted octanol–water partition coefficient (Wildman–Crippen LogP) is 5.69. The SMILES string of the molecule is COc1cc(C#N)ccc1Oc1nnc(-c2ccc(C)cc2)c(C)c1C(=O)Nc1cccc(S(C)(=O)=NC(C)=O)c1. The molecule has 0 aliphatic heterocycles. The standard InChI is InChI=1S/C30H27N5O5S/c1-18-9-12-22(13-10-18)28-19(2)27(30(34-33-28)40-25-14-11-21(17-31)15-26(25)39-4)29(37)32-23-7-6-8-24(16-23)41(5,38)35-20(3)36/h6-16H,1-5H3,(H,32,37). The van der Waals surface area contributed by atoms with Gasteiger partial charge in [0.25, 0.3) is 17.7 Å². The third-order valence-corrected chi connectivity index (χ3v) is 7.80. The van der Waals surface area contributed by atoms with Crippen LogP contribution in [0.15, 0.2) is 76.0 Å². The Kier molecular flexibility index (Phi) is 8.45. The number of rotatable bonds is 7. The second-order valence-electron chi connectivity index (χ2n) is 9.19. The van der Waals surface area contributed by atoms with Crippen LogP contribution in [0.3, 0.4) is 0 Å². The van der Waals surface area contributed by atoms with Crippen LogP contribution >= 0.6 is 0 Å². The third kappa shape index (κ3) is 6.57. The molecule has 0 spiro atoms. The molecule has 4 rings (SSSR count). The Bertz CT molecular complexity index is 1820. The fourth-order valence-electron chi connectivity index (χ4n) is 4.05. The predicted molar refractivity (Wildman–Crippen MR) is 155 cm³/mol. The molecule has 208 valence electrons. The highest BCUT2D eigenvalue weighted by atomic mass is 32.2. The van der Waals surface area contributed by atoms with E-state index in [0.29, 0.717) is 22.5 Å². The van der Waals surface area contributed by atoms with Gasteiger partial charge in [0.2, 0.25) is 0 Å². The highest BCUT2D eigenvalue weighted by Gasteiger charge is 2.24. The van der Waals surface area contributed by atoms with E-state index in [1.54, 1.807) is 37.3 Å². The largest absolute Gasteiger partial charge is 0.493 e. The fraction of sp³-hybridized carbons (Fsp3) is 0.167. The molecule has 0 bridgehead atoms. The van der Waals surface area contributed by atoms with Crippen molar-refractivity contribution in [1.82, 2.24) is 10.2 Å². The highest BCUT2D eigenvalue weighted by molar-refractivity contribution is 7.93. The van der Waals surface area contributed by atoms with Crippen LogP contribution in [0.4, 0.5) is 5.69 Å². The van der Waals surface area contributed by atoms with Gasteiger partial charge in [-0.15, -0.1) is 10.2 Å². The summed E-state index contributed by atoms with van der Waals surface area (Å²) in [4.78, 5) is 25.6. The summed E-state index contributed by atoms with van der Waals surface area (Å²) in [6.45, 7) is 4.93. The molecule has 10 nitrogen and oxygen atoms in total. The molecule has 3 aromatic carbocycles. The summed E-state index contributed by atoms with van der Waals surface area (Å²) in [5.41, 5.74) is 3.62. The topological polar surface area (TPSA) is 144 Å². The minimum Gasteiger partial charge on any atom is -0.493 e. The molecule has 1 aromatic heterocycles. The molecule has 4 aromatic rings. The van der Waals surface area contributed by atoms with Crippen molar-refractivity contribution in [3.05, 3.63) is 89.0 Å². The number of benzene rings is 3. The Morgan fingerprint density at radius 1 is 1.00 bits per heavy atom. The second kappa shape index (κ2) is 12.0. The van der Waals surface area contributed by atoms with Crippen LogP contribution in [0.5, 0.6) is 17.4 Å². The summed E-state index contributed by atoms with van der Waals surface area (Å²) in [6.07, 6.45) is 1.36. The summed E-state index contributed by atoms with van der Waals surface area (Å²) < 4.78 is 28.1. The molecule has 11 heteroatoms. The Labute approximate surface area is 238 Å². The number of methoxy groups -OCH3 is 1. The molecule has 0 aliphatic rings. The normalized spacial score (nSPS) is 12.0. The number of ether oxygens (including phenoxy) is 2. The maximum atomic E-state index is 13.8. The number of anilines is 1. The summed E-state index contributed by atoms with van der Waals surface area (Å²) in [5, 5.41) is 20.7. The van der Waals surface area contributed by atoms with Crippen molar-refractivity contribution in [3.8, 4) is 34.7 Å². The first kappa shape index (κ1) is 28.9. The molecule has 0 fully saturated rings. The van der Waals surface area contributed by atoms with Gasteiger partial charge in [-0.3, -0.25) is 9.59 Å². The van der Waals surface area contributed by atoms with Crippen LogP contribution < -0.4 is 14.8 Å². The summed E-state index contributed by atoms with van der Waals surface area (Å²) in [6, 6.07) is 20.6. The Balaban J connectivity index is 1.81. The van der Waals surface area contributed by atoms with Gasteiger partial charge in [0.15, 0.2) is 11.5 Å². The van der Waals surface area contributed by atoms with Gasteiger partial charge in [0.1, 0.15) is 5.56 Å². The Morgan fingerprint density at radius 3 is 2.39 bits per heavy atom. The van der Waals surface area contributed by atoms with E-state index in [-0.39, 0.29) is 27.8 Å². The molecule has 0 aliphatic carbocycles. The van der Waals surface area contributed by atoms with E-state index >= 15 is 0 Å². The molecule has 0 radical (unpaired) electrons. The number of nitrogens with zero attached hydrogens (tertiary/aromatic N) is 4. The van der Waals surface area contributed by atoms with Crippen LogP contribution in [0.2, 0.25) is 0 Å². The number of carbonyl (C=O) groups excluding carboxylic acids is 2. The molecule has 1 atom stereocenters. The quantitative estimate of drug-likeness (QED) is 0.299. The lowest BCUT2D eigenvalue weighted by atomic mass is 10.0. The molecule has 1 N–H and O–H groups in total. The van der Waals surface area contributed by atoms with Gasteiger partial charge in [-0.05, 0) is 49.7 Å². The van der Waals surface area contributed by atoms with E-state index < -0.39 is 21.5 Å². The second-order valence-corrected chi connectivity index (χ2v) is 11.5. The van der Waals surface area contributed by atoms with Gasteiger partial charge in [0.05, 0.1) is 34.2 Å². The van der Waals surface area contributed by atoms with E-state index in [4.69, 9.17) is 9.47 Å². The molecule has 1 heterocycles. The number of amides is 2. The lowest BCUT2D eigenvalue weighted by Gasteiger charge is -2.16. The van der Waals surface area contributed by atoms with Gasteiger partial charge in [0, 0.05) is 35.4 Å². The zero-order valence-corrected chi connectivity index (χ0v) is 23.9. The Morgan fingerprint density at radius 2 is 1.73 bits per heavy atom. The summed E-state index contributed by atoms with van der Waals surface area (Å²) in [7, 11) is -1.57. The lowest BCUT2D eigenvalue weighted by molar-refractivity contribution is -0.115. The van der Waals surface area contributed by atoms with Gasteiger partial charge in [-0.25, -0.2) is 4.21 Å². The van der Waals surface area contributed by atoms with Gasteiger partial charge in [-0.2, -0.15) is 9.62 Å². The first-order chi connectivity index (χ1) is 19.5. The molecule has 2 amide bonds. The lowest BCUT2D eigenvalue weighted by Crippen LogP contribution is -2.17. The van der Waals surface area contributed by atoms with Crippen LogP contribution in [0, 0.1) is 25.2 Å². The molecular formula is C30H27N5O5S. The van der Waals surface area contributed by atoms with Crippen LogP contribution in [-0.4, -0.2) is 39.6 Å². The van der Waals surface area contributed by atoms with Crippen molar-refractivity contribution < 1.29 is 23.3 Å². The van der Waals surface area contributed by atoms with Crippen molar-refractivity contribution in [2.75, 3.05) is 18.7 Å². The average Bonchev–Trinajstić information content (AvgIpc) is 2.93. The number of aromatic nitrogens is 2. The first-order valence-corrected chi connectivity index (χ1v) is 14.3. The number of hydrogen-bond donors (Lipinski definition) is 1. The summed E-state index contributed by atoms with van der Waals surface area (Å²) in [5.74, 6) is -0.695. The van der Waals surface area contributed by atoms with Crippen LogP contribution in [-0.2, 0) is 14.5 Å². The van der Waals surface area contributed by atoms with E-state index in [9.17, 15) is 19.1 Å². The zero-order valence-electron chi connectivity index (χ0n) is 23.1. The van der Waals surface area contributed by atoms with E-state index in [1.807, 2.05) is 37.3 Å². The highest BCUT2D eigenvalue weighted by Crippen LogP contribution is 2.36. The van der Waals surface area contributed by atoms with Crippen LogP contribution in [0.1, 0.15) is 34.0 Å². The number of nitrogens with one attached hydrogen (secondary N) is 1. The summed E-state index contributed by atoms with van der Waals surface area (Å²) >= 11 is 0. The van der Waals surface area contributed by atoms with Gasteiger partial charge >= 0.3 is 0 Å². The maximum absolute atomic E-state index is 13.8. The van der Waals surface area contributed by atoms with Gasteiger partial charge < -0.3 is 14.8 Å². The molecule has 1 unspecified atom stereocenters. The minimum absolute atomic E-state index is 0.0825. The third-order valence-electron chi connectivity index (χ3n) is 6.07. The smallest absolute Gasteiger partial charge is 0.261 e. The zero-order chi connectivity index (χ0) is 29.7. The van der Waals surface area contributed by atoms with E-state index in [0.717, 1.165) is 11.1 Å². The first-order valence-electron chi connectivity index (χ1n) is 12.4. The van der Waals surface area contributed by atoms with Crippen molar-refractivity contribution in [2.45, 2.75) is 25.7 Å². The van der Waals surface area contributed by atoms with Crippen LogP contribution in [0.25, 0.3) is 11.3 Å². The number of aryl methyl sites for hydroxylation is 1.